The molecule has 0 bridgehead atoms. The van der Waals surface area contributed by atoms with Crippen molar-refractivity contribution in [1.82, 2.24) is 15.7 Å². The van der Waals surface area contributed by atoms with Crippen LogP contribution in [-0.2, 0) is 27.4 Å². The van der Waals surface area contributed by atoms with Crippen molar-refractivity contribution in [2.24, 2.45) is 0 Å². The second kappa shape index (κ2) is 13.6. The summed E-state index contributed by atoms with van der Waals surface area (Å²) >= 11 is 0. The fourth-order valence-electron chi connectivity index (χ4n) is 3.75. The lowest BCUT2D eigenvalue weighted by Crippen LogP contribution is -2.39. The van der Waals surface area contributed by atoms with Gasteiger partial charge in [-0.1, -0.05) is 36.4 Å². The molecule has 0 saturated carbocycles. The summed E-state index contributed by atoms with van der Waals surface area (Å²) in [7, 11) is -10.7. The predicted octanol–water partition coefficient (Wildman–Crippen LogP) is 1.37. The van der Waals surface area contributed by atoms with Crippen molar-refractivity contribution in [2.45, 2.75) is 24.5 Å². The molecule has 1 aliphatic heterocycles. The van der Waals surface area contributed by atoms with E-state index in [9.17, 15) is 33.5 Å². The molecule has 4 rings (SSSR count). The van der Waals surface area contributed by atoms with Gasteiger partial charge in [0.15, 0.2) is 12.3 Å². The maximum atomic E-state index is 12.9. The monoisotopic (exact) mass is 628 g/mol. The topological polar surface area (TPSA) is 268 Å². The first-order valence-electron chi connectivity index (χ1n) is 11.6. The molecule has 1 aliphatic rings. The minimum Gasteiger partial charge on any atom is -0.451 e. The predicted molar refractivity (Wildman–Crippen MR) is 142 cm³/mol. The van der Waals surface area contributed by atoms with Gasteiger partial charge in [0.05, 0.1) is 12.2 Å². The summed E-state index contributed by atoms with van der Waals surface area (Å²) in [5.74, 6) is -1.57. The lowest BCUT2D eigenvalue weighted by Gasteiger charge is -2.22. The van der Waals surface area contributed by atoms with E-state index in [2.05, 4.69) is 19.1 Å². The molecule has 5 atom stereocenters. The van der Waals surface area contributed by atoms with E-state index in [4.69, 9.17) is 19.3 Å². The van der Waals surface area contributed by atoms with Crippen LogP contribution in [0.3, 0.4) is 0 Å². The maximum absolute atomic E-state index is 12.9. The van der Waals surface area contributed by atoms with Crippen LogP contribution >= 0.6 is 15.6 Å². The van der Waals surface area contributed by atoms with E-state index in [1.807, 2.05) is 0 Å². The molecule has 226 valence electrons. The average molecular weight is 628 g/mol. The summed E-state index contributed by atoms with van der Waals surface area (Å²) in [5.41, 5.74) is -0.592. The third-order valence-electron chi connectivity index (χ3n) is 5.56. The Kier molecular flexibility index (Phi) is 10.6. The first-order chi connectivity index (χ1) is 19.3. The maximum Gasteiger partial charge on any atom is 0.481 e. The number of hydrogen-bond donors (Lipinski definition) is 6. The van der Waals surface area contributed by atoms with Gasteiger partial charge < -0.3 is 40.7 Å². The number of phosphoric acid groups is 2. The number of carbonyl (C=O) groups excluding carboxylic acids is 2. The Morgan fingerprint density at radius 2 is 1.57 bits per heavy atom. The van der Waals surface area contributed by atoms with Crippen LogP contribution in [0.4, 0.5) is 5.82 Å². The zero-order valence-electron chi connectivity index (χ0n) is 21.4. The van der Waals surface area contributed by atoms with Crippen LogP contribution in [0.1, 0.15) is 26.9 Å². The number of nitrogens with zero attached hydrogens (tertiary/aromatic N) is 2. The second-order valence-electron chi connectivity index (χ2n) is 8.45. The Balaban J connectivity index is 0.00000484. The lowest BCUT2D eigenvalue weighted by atomic mass is 10.1. The number of rotatable bonds is 10. The van der Waals surface area contributed by atoms with E-state index >= 15 is 0 Å². The molecular weight excluding hydrogens is 602 g/mol. The van der Waals surface area contributed by atoms with Gasteiger partial charge in [0.2, 0.25) is 0 Å². The Hall–Kier alpha value is -3.60. The number of ether oxygens (including phenoxy) is 2. The Bertz CT molecular complexity index is 1550. The van der Waals surface area contributed by atoms with Gasteiger partial charge >= 0.3 is 27.3 Å². The number of benzene rings is 2. The average Bonchev–Trinajstić information content (AvgIpc) is 3.22. The number of carbonyl (C=O) groups is 2. The summed E-state index contributed by atoms with van der Waals surface area (Å²) in [4.78, 5) is 69.0. The number of aliphatic hydroxyl groups excluding tert-OH is 1. The zero-order valence-corrected chi connectivity index (χ0v) is 23.2. The molecule has 2 aromatic carbocycles. The molecular formula is C23H26N4O13P2. The standard InChI is InChI=1S/C23H23N3O13P2.H3N/c27-18-16(13-36-41(34,35)39-40(31,32)33)37-21(19(18)38-22(29)15-9-5-2-6-10-15)26-12-11-17(25-23(26)30)24-20(28)14-7-3-1-4-8-14;/h1-12,16,18-19,21,27H,13H2,(H,34,35)(H2,31,32,33)(H,24,25,28,30);1H3/t16-,18-,19+,21-;/m1./s1. The van der Waals surface area contributed by atoms with Crippen LogP contribution in [0.5, 0.6) is 0 Å². The highest BCUT2D eigenvalue weighted by Crippen LogP contribution is 2.57. The highest BCUT2D eigenvalue weighted by atomic mass is 31.3. The molecule has 19 heteroatoms. The zero-order chi connectivity index (χ0) is 29.8. The molecule has 0 aliphatic carbocycles. The Labute approximate surface area is 237 Å². The van der Waals surface area contributed by atoms with Crippen molar-refractivity contribution >= 4 is 33.3 Å². The molecule has 1 aromatic heterocycles. The number of esters is 1. The van der Waals surface area contributed by atoms with Gasteiger partial charge in [0, 0.05) is 11.8 Å². The molecule has 17 nitrogen and oxygen atoms in total. The molecule has 1 amide bonds. The number of nitrogens with one attached hydrogen (secondary N) is 1. The third kappa shape index (κ3) is 8.47. The van der Waals surface area contributed by atoms with Crippen molar-refractivity contribution in [3.05, 3.63) is 94.5 Å². The normalized spacial score (nSPS) is 21.5. The molecule has 1 fully saturated rings. The van der Waals surface area contributed by atoms with Crippen LogP contribution < -0.4 is 17.2 Å². The van der Waals surface area contributed by atoms with Gasteiger partial charge in [0.1, 0.15) is 18.0 Å². The fraction of sp³-hybridized carbons (Fsp3) is 0.217. The number of aromatic nitrogens is 2. The van der Waals surface area contributed by atoms with Crippen molar-refractivity contribution in [2.75, 3.05) is 11.9 Å². The summed E-state index contributed by atoms with van der Waals surface area (Å²) in [6.45, 7) is -0.974. The van der Waals surface area contributed by atoms with E-state index in [0.717, 1.165) is 10.8 Å². The van der Waals surface area contributed by atoms with Crippen molar-refractivity contribution in [3.8, 4) is 0 Å². The SMILES string of the molecule is N.O=C(Nc1ccn([C@@H]2O[C@H](COP(=O)(O)OP(=O)(O)O)[C@@H](O)[C@@H]2OC(=O)c2ccccc2)c(=O)n1)c1ccccc1. The summed E-state index contributed by atoms with van der Waals surface area (Å²) < 4.78 is 42.9. The van der Waals surface area contributed by atoms with Gasteiger partial charge in [-0.2, -0.15) is 9.29 Å². The minimum atomic E-state index is -5.42. The van der Waals surface area contributed by atoms with E-state index in [-0.39, 0.29) is 17.5 Å². The molecule has 3 aromatic rings. The van der Waals surface area contributed by atoms with Gasteiger partial charge in [-0.15, -0.1) is 0 Å². The van der Waals surface area contributed by atoms with Crippen LogP contribution in [0, 0.1) is 0 Å². The van der Waals surface area contributed by atoms with Gasteiger partial charge in [-0.3, -0.25) is 13.9 Å². The van der Waals surface area contributed by atoms with Crippen LogP contribution in [0.2, 0.25) is 0 Å². The van der Waals surface area contributed by atoms with Crippen molar-refractivity contribution in [1.29, 1.82) is 0 Å². The van der Waals surface area contributed by atoms with Gasteiger partial charge in [-0.05, 0) is 30.3 Å². The van der Waals surface area contributed by atoms with E-state index in [1.54, 1.807) is 48.5 Å². The summed E-state index contributed by atoms with van der Waals surface area (Å²) in [6, 6.07) is 17.0. The number of aliphatic hydroxyl groups is 1. The van der Waals surface area contributed by atoms with Crippen molar-refractivity contribution in [3.63, 3.8) is 0 Å². The number of anilines is 1. The lowest BCUT2D eigenvalue weighted by molar-refractivity contribution is -0.0596. The van der Waals surface area contributed by atoms with Gasteiger partial charge in [-0.25, -0.2) is 18.7 Å². The van der Waals surface area contributed by atoms with Crippen LogP contribution in [-0.4, -0.2) is 66.1 Å². The van der Waals surface area contributed by atoms with Crippen molar-refractivity contribution < 1.29 is 56.8 Å². The quantitative estimate of drug-likeness (QED) is 0.137. The molecule has 0 radical (unpaired) electrons. The first-order valence-corrected chi connectivity index (χ1v) is 14.6. The Morgan fingerprint density at radius 3 is 2.14 bits per heavy atom. The molecule has 2 heterocycles. The van der Waals surface area contributed by atoms with Gasteiger partial charge in [0.25, 0.3) is 5.91 Å². The fourth-order valence-corrected chi connectivity index (χ4v) is 5.35. The summed E-state index contributed by atoms with van der Waals surface area (Å²) in [6.07, 6.45) is -5.33. The molecule has 42 heavy (non-hydrogen) atoms. The molecule has 1 saturated heterocycles. The first kappa shape index (κ1) is 32.9. The number of amides is 1. The molecule has 8 N–H and O–H groups in total. The van der Waals surface area contributed by atoms with Crippen LogP contribution in [0.25, 0.3) is 0 Å². The van der Waals surface area contributed by atoms with E-state index < -0.39 is 64.4 Å². The third-order valence-corrected chi connectivity index (χ3v) is 7.71. The van der Waals surface area contributed by atoms with Crippen LogP contribution in [0.15, 0.2) is 77.7 Å². The molecule has 1 unspecified atom stereocenters. The van der Waals surface area contributed by atoms with E-state index in [0.29, 0.717) is 5.56 Å². The second-order valence-corrected chi connectivity index (χ2v) is 11.3. The number of hydrogen-bond acceptors (Lipinski definition) is 12. The van der Waals surface area contributed by atoms with E-state index in [1.165, 1.54) is 18.2 Å². The molecule has 0 spiro atoms. The minimum absolute atomic E-state index is 0. The highest BCUT2D eigenvalue weighted by Gasteiger charge is 2.49. The summed E-state index contributed by atoms with van der Waals surface area (Å²) in [5, 5.41) is 13.3. The number of phosphoric ester groups is 1. The Morgan fingerprint density at radius 1 is 0.976 bits per heavy atom. The largest absolute Gasteiger partial charge is 0.481 e. The highest BCUT2D eigenvalue weighted by molar-refractivity contribution is 7.60. The smallest absolute Gasteiger partial charge is 0.451 e.